The van der Waals surface area contributed by atoms with Crippen LogP contribution in [0.15, 0.2) is 36.4 Å². The Morgan fingerprint density at radius 1 is 1.24 bits per heavy atom. The minimum Gasteiger partial charge on any atom is -0.476 e. The van der Waals surface area contributed by atoms with Crippen molar-refractivity contribution in [2.45, 2.75) is 39.3 Å². The minimum atomic E-state index is -3.60. The van der Waals surface area contributed by atoms with Crippen LogP contribution in [0.5, 0.6) is 5.75 Å². The molecule has 0 saturated carbocycles. The third-order valence-corrected chi connectivity index (χ3v) is 6.52. The number of aryl methyl sites for hydroxylation is 2. The molecule has 3 rings (SSSR count). The van der Waals surface area contributed by atoms with Crippen molar-refractivity contribution in [3.63, 3.8) is 0 Å². The number of ether oxygens (including phenoxy) is 1. The van der Waals surface area contributed by atoms with Crippen molar-refractivity contribution >= 4 is 33.2 Å². The van der Waals surface area contributed by atoms with E-state index in [1.54, 1.807) is 12.1 Å². The number of sulfonamides is 1. The lowest BCUT2D eigenvalue weighted by atomic mass is 9.99. The van der Waals surface area contributed by atoms with E-state index in [0.717, 1.165) is 17.4 Å². The molecule has 29 heavy (non-hydrogen) atoms. The summed E-state index contributed by atoms with van der Waals surface area (Å²) in [5.74, 6) is -0.0465. The number of benzene rings is 2. The predicted molar refractivity (Wildman–Crippen MR) is 115 cm³/mol. The zero-order valence-electron chi connectivity index (χ0n) is 16.9. The third-order valence-electron chi connectivity index (χ3n) is 5.14. The van der Waals surface area contributed by atoms with Crippen LogP contribution in [0.25, 0.3) is 0 Å². The number of rotatable bonds is 5. The van der Waals surface area contributed by atoms with Gasteiger partial charge in [0.1, 0.15) is 5.75 Å². The van der Waals surface area contributed by atoms with Gasteiger partial charge in [-0.3, -0.25) is 9.10 Å². The molecular formula is C21H25ClN2O4S. The van der Waals surface area contributed by atoms with Crippen LogP contribution in [0.1, 0.15) is 36.1 Å². The SMILES string of the molecule is CC[C@H](NC(=O)[C@@H]1CN(S(C)(=O)=O)c2cc(Cl)ccc2O1)c1ccc(C)c(C)c1. The van der Waals surface area contributed by atoms with Crippen LogP contribution in [-0.4, -0.2) is 33.2 Å². The summed E-state index contributed by atoms with van der Waals surface area (Å²) in [6.45, 7) is 5.95. The van der Waals surface area contributed by atoms with E-state index in [9.17, 15) is 13.2 Å². The number of fused-ring (bicyclic) bond motifs is 1. The van der Waals surface area contributed by atoms with E-state index in [4.69, 9.17) is 16.3 Å². The molecule has 156 valence electrons. The molecule has 0 aliphatic carbocycles. The molecule has 2 atom stereocenters. The van der Waals surface area contributed by atoms with Gasteiger partial charge < -0.3 is 10.1 Å². The van der Waals surface area contributed by atoms with E-state index in [2.05, 4.69) is 11.4 Å². The second-order valence-electron chi connectivity index (χ2n) is 7.33. The van der Waals surface area contributed by atoms with Gasteiger partial charge in [-0.25, -0.2) is 8.42 Å². The average Bonchev–Trinajstić information content (AvgIpc) is 2.66. The van der Waals surface area contributed by atoms with Gasteiger partial charge in [0.05, 0.1) is 24.5 Å². The van der Waals surface area contributed by atoms with Crippen LogP contribution >= 0.6 is 11.6 Å². The largest absolute Gasteiger partial charge is 0.476 e. The van der Waals surface area contributed by atoms with Gasteiger partial charge in [-0.05, 0) is 55.2 Å². The molecule has 1 N–H and O–H groups in total. The molecule has 0 bridgehead atoms. The smallest absolute Gasteiger partial charge is 0.263 e. The monoisotopic (exact) mass is 436 g/mol. The van der Waals surface area contributed by atoms with Crippen LogP contribution in [0.2, 0.25) is 5.02 Å². The number of carbonyl (C=O) groups is 1. The maximum Gasteiger partial charge on any atom is 0.263 e. The molecule has 8 heteroatoms. The second kappa shape index (κ2) is 8.24. The Kier molecular flexibility index (Phi) is 6.10. The summed E-state index contributed by atoms with van der Waals surface area (Å²) in [6, 6.07) is 10.6. The van der Waals surface area contributed by atoms with Crippen molar-refractivity contribution in [2.24, 2.45) is 0 Å². The normalized spacial score (nSPS) is 17.3. The van der Waals surface area contributed by atoms with Crippen molar-refractivity contribution in [2.75, 3.05) is 17.1 Å². The quantitative estimate of drug-likeness (QED) is 0.774. The van der Waals surface area contributed by atoms with E-state index in [0.29, 0.717) is 22.9 Å². The summed E-state index contributed by atoms with van der Waals surface area (Å²) in [6.07, 6.45) is 0.837. The summed E-state index contributed by atoms with van der Waals surface area (Å²) < 4.78 is 31.6. The Labute approximate surface area is 176 Å². The van der Waals surface area contributed by atoms with E-state index in [1.165, 1.54) is 15.9 Å². The minimum absolute atomic E-state index is 0.110. The molecule has 6 nitrogen and oxygen atoms in total. The maximum absolute atomic E-state index is 13.0. The molecule has 2 aromatic carbocycles. The Balaban J connectivity index is 1.85. The number of nitrogens with zero attached hydrogens (tertiary/aromatic N) is 1. The fourth-order valence-corrected chi connectivity index (χ4v) is 4.41. The van der Waals surface area contributed by atoms with Gasteiger partial charge in [0.2, 0.25) is 10.0 Å². The molecule has 0 aromatic heterocycles. The zero-order valence-corrected chi connectivity index (χ0v) is 18.5. The Bertz CT molecular complexity index is 1040. The first kappa shape index (κ1) is 21.5. The lowest BCUT2D eigenvalue weighted by molar-refractivity contribution is -0.128. The Hall–Kier alpha value is -2.25. The average molecular weight is 437 g/mol. The van der Waals surface area contributed by atoms with Gasteiger partial charge in [0, 0.05) is 5.02 Å². The summed E-state index contributed by atoms with van der Waals surface area (Å²) in [5.41, 5.74) is 3.68. The molecule has 0 radical (unpaired) electrons. The summed E-state index contributed by atoms with van der Waals surface area (Å²) in [5, 5.41) is 3.40. The van der Waals surface area contributed by atoms with Crippen LogP contribution in [0, 0.1) is 13.8 Å². The van der Waals surface area contributed by atoms with Gasteiger partial charge in [-0.1, -0.05) is 36.7 Å². The van der Waals surface area contributed by atoms with Crippen LogP contribution in [0.4, 0.5) is 5.69 Å². The highest BCUT2D eigenvalue weighted by molar-refractivity contribution is 7.92. The standard InChI is InChI=1S/C21H25ClN2O4S/c1-5-17(15-7-6-13(2)14(3)10-15)23-21(25)20-12-24(29(4,26)27)18-11-16(22)8-9-19(18)28-20/h6-11,17,20H,5,12H2,1-4H3,(H,23,25)/t17-,20-/m0/s1. The molecule has 0 fully saturated rings. The first-order valence-corrected chi connectivity index (χ1v) is 11.6. The molecule has 1 heterocycles. The van der Waals surface area contributed by atoms with Gasteiger partial charge in [-0.2, -0.15) is 0 Å². The van der Waals surface area contributed by atoms with Gasteiger partial charge in [-0.15, -0.1) is 0 Å². The lowest BCUT2D eigenvalue weighted by Crippen LogP contribution is -2.51. The summed E-state index contributed by atoms with van der Waals surface area (Å²) >= 11 is 6.01. The van der Waals surface area contributed by atoms with Gasteiger partial charge >= 0.3 is 0 Å². The Morgan fingerprint density at radius 3 is 2.59 bits per heavy atom. The molecule has 1 aliphatic rings. The van der Waals surface area contributed by atoms with Gasteiger partial charge in [0.15, 0.2) is 6.10 Å². The number of amides is 1. The van der Waals surface area contributed by atoms with Crippen LogP contribution in [0.3, 0.4) is 0 Å². The Morgan fingerprint density at radius 2 is 1.97 bits per heavy atom. The van der Waals surface area contributed by atoms with Gasteiger partial charge in [0.25, 0.3) is 5.91 Å². The second-order valence-corrected chi connectivity index (χ2v) is 9.67. The topological polar surface area (TPSA) is 75.7 Å². The van der Waals surface area contributed by atoms with Crippen molar-refractivity contribution in [1.82, 2.24) is 5.32 Å². The maximum atomic E-state index is 13.0. The number of anilines is 1. The number of carbonyl (C=O) groups excluding carboxylic acids is 1. The van der Waals surface area contributed by atoms with Crippen molar-refractivity contribution in [1.29, 1.82) is 0 Å². The lowest BCUT2D eigenvalue weighted by Gasteiger charge is -2.34. The molecule has 0 spiro atoms. The summed E-state index contributed by atoms with van der Waals surface area (Å²) in [7, 11) is -3.60. The molecule has 0 saturated heterocycles. The van der Waals surface area contributed by atoms with Crippen LogP contribution < -0.4 is 14.4 Å². The van der Waals surface area contributed by atoms with Crippen molar-refractivity contribution in [3.8, 4) is 5.75 Å². The highest BCUT2D eigenvalue weighted by Crippen LogP contribution is 2.37. The molecular weight excluding hydrogens is 412 g/mol. The highest BCUT2D eigenvalue weighted by Gasteiger charge is 2.35. The fraction of sp³-hybridized carbons (Fsp3) is 0.381. The molecule has 2 aromatic rings. The summed E-state index contributed by atoms with van der Waals surface area (Å²) in [4.78, 5) is 13.0. The predicted octanol–water partition coefficient (Wildman–Crippen LogP) is 3.75. The van der Waals surface area contributed by atoms with E-state index in [-0.39, 0.29) is 18.5 Å². The zero-order chi connectivity index (χ0) is 21.3. The van der Waals surface area contributed by atoms with E-state index >= 15 is 0 Å². The number of nitrogens with one attached hydrogen (secondary N) is 1. The molecule has 0 unspecified atom stereocenters. The third kappa shape index (κ3) is 4.67. The van der Waals surface area contributed by atoms with Crippen molar-refractivity contribution < 1.29 is 17.9 Å². The van der Waals surface area contributed by atoms with Crippen molar-refractivity contribution in [3.05, 3.63) is 58.1 Å². The molecule has 1 amide bonds. The van der Waals surface area contributed by atoms with Crippen LogP contribution in [-0.2, 0) is 14.8 Å². The highest BCUT2D eigenvalue weighted by atomic mass is 35.5. The molecule has 1 aliphatic heterocycles. The number of hydrogen-bond donors (Lipinski definition) is 1. The van der Waals surface area contributed by atoms with E-state index in [1.807, 2.05) is 32.9 Å². The first-order valence-electron chi connectivity index (χ1n) is 9.41. The first-order chi connectivity index (χ1) is 13.6. The number of hydrogen-bond acceptors (Lipinski definition) is 4. The fourth-order valence-electron chi connectivity index (χ4n) is 3.34. The van der Waals surface area contributed by atoms with E-state index < -0.39 is 16.1 Å². The number of halogens is 1.